The molecule has 0 radical (unpaired) electrons. The molecule has 2 rings (SSSR count). The lowest BCUT2D eigenvalue weighted by Gasteiger charge is -2.39. The van der Waals surface area contributed by atoms with Crippen LogP contribution in [0.25, 0.3) is 0 Å². The molecule has 2 atom stereocenters. The first-order valence-electron chi connectivity index (χ1n) is 5.98. The Bertz CT molecular complexity index is 197. The highest BCUT2D eigenvalue weighted by Crippen LogP contribution is 2.35. The molecule has 2 fully saturated rings. The molecule has 0 aromatic carbocycles. The topological polar surface area (TPSA) is 15.3 Å². The monoisotopic (exact) mass is 218 g/mol. The van der Waals surface area contributed by atoms with Gasteiger partial charge in [0.05, 0.1) is 6.54 Å². The standard InChI is InChI=1S/C11H20F2N2/c1-2-14-8-5-9-3-4-10(6-8)15(9)7-11(12)13/h8-11,14H,2-7H2,1H3. The number of fused-ring (bicyclic) bond motifs is 2. The zero-order valence-corrected chi connectivity index (χ0v) is 9.26. The summed E-state index contributed by atoms with van der Waals surface area (Å²) in [5.41, 5.74) is 0. The quantitative estimate of drug-likeness (QED) is 0.774. The lowest BCUT2D eigenvalue weighted by Crippen LogP contribution is -2.50. The first-order valence-corrected chi connectivity index (χ1v) is 5.98. The molecular formula is C11H20F2N2. The van der Waals surface area contributed by atoms with Crippen LogP contribution in [0.4, 0.5) is 8.78 Å². The fraction of sp³-hybridized carbons (Fsp3) is 1.00. The number of alkyl halides is 2. The van der Waals surface area contributed by atoms with Gasteiger partial charge in [-0.25, -0.2) is 8.78 Å². The number of rotatable bonds is 4. The highest BCUT2D eigenvalue weighted by molar-refractivity contribution is 4.97. The summed E-state index contributed by atoms with van der Waals surface area (Å²) in [4.78, 5) is 2.04. The molecule has 0 aromatic rings. The van der Waals surface area contributed by atoms with Gasteiger partial charge in [-0.05, 0) is 32.2 Å². The Kier molecular flexibility index (Phi) is 3.57. The average molecular weight is 218 g/mol. The third-order valence-corrected chi connectivity index (χ3v) is 3.73. The second-order valence-electron chi connectivity index (χ2n) is 4.70. The molecule has 0 aromatic heterocycles. The SMILES string of the molecule is CCNC1CC2CCC(C1)N2CC(F)F. The van der Waals surface area contributed by atoms with Crippen molar-refractivity contribution in [3.8, 4) is 0 Å². The van der Waals surface area contributed by atoms with E-state index in [4.69, 9.17) is 0 Å². The molecule has 88 valence electrons. The maximum absolute atomic E-state index is 12.4. The zero-order chi connectivity index (χ0) is 10.8. The molecule has 0 aliphatic carbocycles. The van der Waals surface area contributed by atoms with Crippen LogP contribution in [0.15, 0.2) is 0 Å². The molecule has 2 aliphatic heterocycles. The maximum atomic E-state index is 12.4. The zero-order valence-electron chi connectivity index (χ0n) is 9.26. The van der Waals surface area contributed by atoms with Gasteiger partial charge < -0.3 is 5.32 Å². The van der Waals surface area contributed by atoms with Crippen molar-refractivity contribution in [3.63, 3.8) is 0 Å². The van der Waals surface area contributed by atoms with Crippen LogP contribution >= 0.6 is 0 Å². The Morgan fingerprint density at radius 1 is 1.27 bits per heavy atom. The second kappa shape index (κ2) is 4.74. The Balaban J connectivity index is 1.91. The van der Waals surface area contributed by atoms with Crippen molar-refractivity contribution < 1.29 is 8.78 Å². The number of nitrogens with zero attached hydrogens (tertiary/aromatic N) is 1. The largest absolute Gasteiger partial charge is 0.314 e. The minimum absolute atomic E-state index is 0.0197. The Labute approximate surface area is 90.0 Å². The van der Waals surface area contributed by atoms with E-state index in [1.54, 1.807) is 0 Å². The number of hydrogen-bond donors (Lipinski definition) is 1. The molecule has 2 bridgehead atoms. The van der Waals surface area contributed by atoms with Crippen LogP contribution in [0.2, 0.25) is 0 Å². The van der Waals surface area contributed by atoms with Gasteiger partial charge >= 0.3 is 0 Å². The van der Waals surface area contributed by atoms with Crippen molar-refractivity contribution in [1.82, 2.24) is 10.2 Å². The molecule has 2 aliphatic rings. The number of nitrogens with one attached hydrogen (secondary N) is 1. The van der Waals surface area contributed by atoms with E-state index in [2.05, 4.69) is 12.2 Å². The van der Waals surface area contributed by atoms with E-state index in [-0.39, 0.29) is 6.54 Å². The summed E-state index contributed by atoms with van der Waals surface area (Å²) in [5, 5.41) is 3.44. The van der Waals surface area contributed by atoms with E-state index in [0.717, 1.165) is 32.2 Å². The van der Waals surface area contributed by atoms with Crippen molar-refractivity contribution in [3.05, 3.63) is 0 Å². The summed E-state index contributed by atoms with van der Waals surface area (Å²) in [6, 6.07) is 1.37. The summed E-state index contributed by atoms with van der Waals surface area (Å²) in [7, 11) is 0. The van der Waals surface area contributed by atoms with Gasteiger partial charge in [-0.15, -0.1) is 0 Å². The normalized spacial score (nSPS) is 36.4. The van der Waals surface area contributed by atoms with Crippen molar-refractivity contribution >= 4 is 0 Å². The van der Waals surface area contributed by atoms with Gasteiger partial charge in [-0.2, -0.15) is 0 Å². The second-order valence-corrected chi connectivity index (χ2v) is 4.70. The van der Waals surface area contributed by atoms with Crippen molar-refractivity contribution in [2.45, 2.75) is 57.2 Å². The minimum Gasteiger partial charge on any atom is -0.314 e. The number of halogens is 2. The van der Waals surface area contributed by atoms with Crippen LogP contribution in [-0.4, -0.2) is 42.5 Å². The molecule has 2 heterocycles. The van der Waals surface area contributed by atoms with Crippen molar-refractivity contribution in [2.75, 3.05) is 13.1 Å². The average Bonchev–Trinajstić information content (AvgIpc) is 2.43. The van der Waals surface area contributed by atoms with Crippen LogP contribution in [-0.2, 0) is 0 Å². The third kappa shape index (κ3) is 2.48. The molecule has 2 saturated heterocycles. The van der Waals surface area contributed by atoms with E-state index in [0.29, 0.717) is 18.1 Å². The highest BCUT2D eigenvalue weighted by atomic mass is 19.3. The summed E-state index contributed by atoms with van der Waals surface area (Å²) >= 11 is 0. The van der Waals surface area contributed by atoms with E-state index in [9.17, 15) is 8.78 Å². The van der Waals surface area contributed by atoms with Crippen LogP contribution in [0, 0.1) is 0 Å². The van der Waals surface area contributed by atoms with Gasteiger partial charge in [-0.1, -0.05) is 6.92 Å². The fourth-order valence-electron chi connectivity index (χ4n) is 3.19. The van der Waals surface area contributed by atoms with Gasteiger partial charge in [0, 0.05) is 18.1 Å². The minimum atomic E-state index is -2.18. The highest BCUT2D eigenvalue weighted by Gasteiger charge is 2.41. The molecule has 1 N–H and O–H groups in total. The Hall–Kier alpha value is -0.220. The molecule has 2 nitrogen and oxygen atoms in total. The van der Waals surface area contributed by atoms with E-state index in [1.165, 1.54) is 0 Å². The molecule has 0 saturated carbocycles. The van der Waals surface area contributed by atoms with E-state index in [1.807, 2.05) is 4.90 Å². The van der Waals surface area contributed by atoms with Crippen LogP contribution in [0.5, 0.6) is 0 Å². The number of piperidine rings is 1. The lowest BCUT2D eigenvalue weighted by atomic mass is 9.97. The summed E-state index contributed by atoms with van der Waals surface area (Å²) in [6.07, 6.45) is 2.15. The Morgan fingerprint density at radius 3 is 2.33 bits per heavy atom. The molecule has 2 unspecified atom stereocenters. The predicted octanol–water partition coefficient (Wildman–Crippen LogP) is 1.86. The van der Waals surface area contributed by atoms with Crippen LogP contribution < -0.4 is 5.32 Å². The summed E-state index contributed by atoms with van der Waals surface area (Å²) in [5.74, 6) is 0. The Morgan fingerprint density at radius 2 is 1.87 bits per heavy atom. The molecular weight excluding hydrogens is 198 g/mol. The van der Waals surface area contributed by atoms with Gasteiger partial charge in [0.25, 0.3) is 6.43 Å². The maximum Gasteiger partial charge on any atom is 0.251 e. The fourth-order valence-corrected chi connectivity index (χ4v) is 3.19. The van der Waals surface area contributed by atoms with Crippen LogP contribution in [0.1, 0.15) is 32.6 Å². The van der Waals surface area contributed by atoms with Crippen molar-refractivity contribution in [1.29, 1.82) is 0 Å². The summed E-state index contributed by atoms with van der Waals surface area (Å²) < 4.78 is 24.8. The van der Waals surface area contributed by atoms with E-state index < -0.39 is 6.43 Å². The van der Waals surface area contributed by atoms with Gasteiger partial charge in [0.1, 0.15) is 0 Å². The third-order valence-electron chi connectivity index (χ3n) is 3.73. The summed E-state index contributed by atoms with van der Waals surface area (Å²) in [6.45, 7) is 3.07. The smallest absolute Gasteiger partial charge is 0.251 e. The lowest BCUT2D eigenvalue weighted by molar-refractivity contribution is 0.0365. The molecule has 0 spiro atoms. The molecule has 15 heavy (non-hydrogen) atoms. The molecule has 0 amide bonds. The first-order chi connectivity index (χ1) is 7.20. The first kappa shape index (κ1) is 11.3. The van der Waals surface area contributed by atoms with Gasteiger partial charge in [-0.3, -0.25) is 4.90 Å². The van der Waals surface area contributed by atoms with Gasteiger partial charge in [0.2, 0.25) is 0 Å². The predicted molar refractivity (Wildman–Crippen MR) is 56.2 cm³/mol. The molecule has 4 heteroatoms. The van der Waals surface area contributed by atoms with E-state index >= 15 is 0 Å². The van der Waals surface area contributed by atoms with Gasteiger partial charge in [0.15, 0.2) is 0 Å². The van der Waals surface area contributed by atoms with Crippen molar-refractivity contribution in [2.24, 2.45) is 0 Å². The number of hydrogen-bond acceptors (Lipinski definition) is 2. The van der Waals surface area contributed by atoms with Crippen LogP contribution in [0.3, 0.4) is 0 Å².